The Bertz CT molecular complexity index is 1480. The SMILES string of the molecule is COC(=O)Nc1ccc(-c2cc(C(=N)C(=O)Nc3ccc(C#N)cc3C(=O)O)c(O)cc2OC)c(C)c1.[HH]. The van der Waals surface area contributed by atoms with Gasteiger partial charge in [-0.25, -0.2) is 9.59 Å². The summed E-state index contributed by atoms with van der Waals surface area (Å²) in [6, 6.07) is 13.2. The molecule has 0 fully saturated rings. The second-order valence-corrected chi connectivity index (χ2v) is 7.72. The molecule has 0 aliphatic rings. The molecule has 190 valence electrons. The molecule has 11 heteroatoms. The van der Waals surface area contributed by atoms with Crippen LogP contribution in [0.3, 0.4) is 0 Å². The van der Waals surface area contributed by atoms with Gasteiger partial charge in [-0.1, -0.05) is 6.07 Å². The fraction of sp³-hybridized carbons (Fsp3) is 0.115. The number of ether oxygens (including phenoxy) is 2. The number of amides is 2. The molecule has 0 unspecified atom stereocenters. The number of carbonyl (C=O) groups excluding carboxylic acids is 2. The summed E-state index contributed by atoms with van der Waals surface area (Å²) in [5.74, 6) is -2.48. The first-order valence-corrected chi connectivity index (χ1v) is 10.6. The van der Waals surface area contributed by atoms with E-state index in [1.165, 1.54) is 38.5 Å². The molecule has 0 spiro atoms. The Morgan fingerprint density at radius 3 is 2.32 bits per heavy atom. The molecule has 0 radical (unpaired) electrons. The largest absolute Gasteiger partial charge is 0.507 e. The number of carboxylic acid groups (broad SMARTS) is 1. The maximum Gasteiger partial charge on any atom is 0.411 e. The van der Waals surface area contributed by atoms with Gasteiger partial charge in [0.2, 0.25) is 0 Å². The Morgan fingerprint density at radius 1 is 1.00 bits per heavy atom. The van der Waals surface area contributed by atoms with Gasteiger partial charge < -0.3 is 25.0 Å². The van der Waals surface area contributed by atoms with Crippen molar-refractivity contribution in [2.24, 2.45) is 0 Å². The molecule has 0 heterocycles. The molecule has 2 amide bonds. The number of nitrogens with zero attached hydrogens (tertiary/aromatic N) is 1. The quantitative estimate of drug-likeness (QED) is 0.294. The van der Waals surface area contributed by atoms with E-state index < -0.39 is 29.4 Å². The van der Waals surface area contributed by atoms with Crippen molar-refractivity contribution in [3.63, 3.8) is 0 Å². The second-order valence-electron chi connectivity index (χ2n) is 7.72. The third-order valence-corrected chi connectivity index (χ3v) is 5.39. The monoisotopic (exact) mass is 504 g/mol. The first-order valence-electron chi connectivity index (χ1n) is 10.6. The van der Waals surface area contributed by atoms with Crippen LogP contribution in [0.5, 0.6) is 11.5 Å². The third-order valence-electron chi connectivity index (χ3n) is 5.39. The molecule has 0 aromatic heterocycles. The highest BCUT2D eigenvalue weighted by Crippen LogP contribution is 2.38. The number of phenolic OH excluding ortho intramolecular Hbond substituents is 1. The van der Waals surface area contributed by atoms with Crippen molar-refractivity contribution in [1.82, 2.24) is 0 Å². The molecule has 5 N–H and O–H groups in total. The van der Waals surface area contributed by atoms with E-state index >= 15 is 0 Å². The van der Waals surface area contributed by atoms with Crippen LogP contribution in [0, 0.1) is 23.7 Å². The van der Waals surface area contributed by atoms with Crippen LogP contribution < -0.4 is 15.4 Å². The number of hydrogen-bond donors (Lipinski definition) is 5. The number of methoxy groups -OCH3 is 2. The third kappa shape index (κ3) is 5.66. The summed E-state index contributed by atoms with van der Waals surface area (Å²) in [7, 11) is 2.64. The number of aromatic hydroxyl groups is 1. The lowest BCUT2D eigenvalue weighted by Gasteiger charge is -2.16. The molecule has 0 saturated heterocycles. The van der Waals surface area contributed by atoms with Gasteiger partial charge in [0.1, 0.15) is 17.2 Å². The molecule has 0 atom stereocenters. The van der Waals surface area contributed by atoms with Crippen LogP contribution in [-0.2, 0) is 9.53 Å². The van der Waals surface area contributed by atoms with E-state index in [0.717, 1.165) is 6.07 Å². The van der Waals surface area contributed by atoms with E-state index in [2.05, 4.69) is 15.4 Å². The summed E-state index contributed by atoms with van der Waals surface area (Å²) < 4.78 is 9.98. The predicted molar refractivity (Wildman–Crippen MR) is 137 cm³/mol. The summed E-state index contributed by atoms with van der Waals surface area (Å²) in [5.41, 5.74) is 1.18. The van der Waals surface area contributed by atoms with Gasteiger partial charge in [-0.15, -0.1) is 0 Å². The number of nitrogens with one attached hydrogen (secondary N) is 3. The lowest BCUT2D eigenvalue weighted by molar-refractivity contribution is -0.110. The van der Waals surface area contributed by atoms with Crippen molar-refractivity contribution in [2.45, 2.75) is 6.92 Å². The minimum atomic E-state index is -1.37. The number of carbonyl (C=O) groups is 3. The molecule has 0 aliphatic carbocycles. The van der Waals surface area contributed by atoms with E-state index in [0.29, 0.717) is 22.4 Å². The molecule has 0 bridgehead atoms. The van der Waals surface area contributed by atoms with Crippen molar-refractivity contribution >= 4 is 35.1 Å². The van der Waals surface area contributed by atoms with Crippen molar-refractivity contribution in [2.75, 3.05) is 24.9 Å². The van der Waals surface area contributed by atoms with Gasteiger partial charge in [-0.05, 0) is 54.4 Å². The van der Waals surface area contributed by atoms with E-state index in [1.54, 1.807) is 25.1 Å². The van der Waals surface area contributed by atoms with Crippen LogP contribution in [0.1, 0.15) is 28.5 Å². The van der Waals surface area contributed by atoms with Gasteiger partial charge in [0, 0.05) is 24.3 Å². The minimum absolute atomic E-state index is 0. The van der Waals surface area contributed by atoms with E-state index in [1.807, 2.05) is 6.07 Å². The Labute approximate surface area is 212 Å². The summed E-state index contributed by atoms with van der Waals surface area (Å²) in [4.78, 5) is 35.9. The fourth-order valence-electron chi connectivity index (χ4n) is 3.57. The highest BCUT2D eigenvalue weighted by Gasteiger charge is 2.22. The smallest absolute Gasteiger partial charge is 0.411 e. The van der Waals surface area contributed by atoms with Crippen LogP contribution in [0.15, 0.2) is 48.5 Å². The Balaban J connectivity index is 0.00000507. The Kier molecular flexibility index (Phi) is 7.74. The average Bonchev–Trinajstić information content (AvgIpc) is 2.88. The van der Waals surface area contributed by atoms with Gasteiger partial charge >= 0.3 is 12.1 Å². The maximum atomic E-state index is 12.9. The summed E-state index contributed by atoms with van der Waals surface area (Å²) in [5, 5.41) is 42.3. The van der Waals surface area contributed by atoms with Crippen molar-refractivity contribution in [3.05, 3.63) is 70.8 Å². The number of aromatic carboxylic acids is 1. The summed E-state index contributed by atoms with van der Waals surface area (Å²) in [6.07, 6.45) is -0.635. The summed E-state index contributed by atoms with van der Waals surface area (Å²) >= 11 is 0. The topological polar surface area (TPSA) is 182 Å². The summed E-state index contributed by atoms with van der Waals surface area (Å²) in [6.45, 7) is 1.78. The molecular weight excluding hydrogens is 480 g/mol. The number of phenols is 1. The lowest BCUT2D eigenvalue weighted by Crippen LogP contribution is -2.24. The zero-order valence-electron chi connectivity index (χ0n) is 20.0. The molecule has 11 nitrogen and oxygen atoms in total. The van der Waals surface area contributed by atoms with E-state index in [9.17, 15) is 24.6 Å². The fourth-order valence-corrected chi connectivity index (χ4v) is 3.57. The van der Waals surface area contributed by atoms with Crippen molar-refractivity contribution in [1.29, 1.82) is 10.7 Å². The first kappa shape index (κ1) is 26.2. The van der Waals surface area contributed by atoms with Crippen LogP contribution in [0.2, 0.25) is 0 Å². The molecule has 3 aromatic carbocycles. The van der Waals surface area contributed by atoms with Crippen LogP contribution >= 0.6 is 0 Å². The van der Waals surface area contributed by atoms with Crippen LogP contribution in [-0.4, -0.2) is 48.1 Å². The van der Waals surface area contributed by atoms with Gasteiger partial charge in [0.25, 0.3) is 5.91 Å². The van der Waals surface area contributed by atoms with Gasteiger partial charge in [0.15, 0.2) is 0 Å². The highest BCUT2D eigenvalue weighted by atomic mass is 16.5. The Morgan fingerprint density at radius 2 is 1.73 bits per heavy atom. The van der Waals surface area contributed by atoms with E-state index in [4.69, 9.17) is 15.4 Å². The minimum Gasteiger partial charge on any atom is -0.507 e. The van der Waals surface area contributed by atoms with Crippen LogP contribution in [0.4, 0.5) is 16.2 Å². The first-order chi connectivity index (χ1) is 17.6. The van der Waals surface area contributed by atoms with Crippen molar-refractivity contribution in [3.8, 4) is 28.7 Å². The zero-order chi connectivity index (χ0) is 27.3. The average molecular weight is 504 g/mol. The maximum absolute atomic E-state index is 12.9. The lowest BCUT2D eigenvalue weighted by atomic mass is 9.95. The molecule has 37 heavy (non-hydrogen) atoms. The predicted octanol–water partition coefficient (Wildman–Crippen LogP) is 4.38. The number of rotatable bonds is 7. The normalized spacial score (nSPS) is 10.1. The second kappa shape index (κ2) is 10.9. The van der Waals surface area contributed by atoms with Gasteiger partial charge in [-0.2, -0.15) is 5.26 Å². The van der Waals surface area contributed by atoms with Gasteiger partial charge in [-0.3, -0.25) is 15.5 Å². The molecule has 3 aromatic rings. The highest BCUT2D eigenvalue weighted by molar-refractivity contribution is 6.48. The zero-order valence-corrected chi connectivity index (χ0v) is 20.0. The molecule has 0 aliphatic heterocycles. The number of benzene rings is 3. The Hall–Kier alpha value is -5.37. The van der Waals surface area contributed by atoms with Crippen molar-refractivity contribution < 1.29 is 35.5 Å². The number of carboxylic acids is 1. The molecule has 3 rings (SSSR count). The van der Waals surface area contributed by atoms with Gasteiger partial charge in [0.05, 0.1) is 37.1 Å². The van der Waals surface area contributed by atoms with Crippen LogP contribution in [0.25, 0.3) is 11.1 Å². The molecule has 0 saturated carbocycles. The number of hydrogen-bond acceptors (Lipinski definition) is 8. The number of anilines is 2. The number of nitriles is 1. The molecular formula is C26H24N4O7. The van der Waals surface area contributed by atoms with E-state index in [-0.39, 0.29) is 29.6 Å². The number of aryl methyl sites for hydroxylation is 1. The standard InChI is InChI=1S/C26H22N4O7.H2/c1-13-8-15(29-26(35)37-3)5-6-16(13)17-10-19(21(31)11-22(17)36-2)23(28)24(32)30-20-7-4-14(12-27)9-18(20)25(33)34;/h4-11,28,31H,1-3H3,(H,29,35)(H,30,32)(H,33,34);1H.